The summed E-state index contributed by atoms with van der Waals surface area (Å²) in [7, 11) is 0. The summed E-state index contributed by atoms with van der Waals surface area (Å²) in [5.74, 6) is -0.435. The Kier molecular flexibility index (Phi) is 4.60. The molecule has 3 atom stereocenters. The van der Waals surface area contributed by atoms with Crippen LogP contribution in [0, 0.1) is 17.2 Å². The molecule has 2 rings (SSSR count). The van der Waals surface area contributed by atoms with Crippen LogP contribution >= 0.6 is 0 Å². The van der Waals surface area contributed by atoms with Crippen molar-refractivity contribution in [2.24, 2.45) is 5.92 Å². The third-order valence-electron chi connectivity index (χ3n) is 4.05. The predicted octanol–water partition coefficient (Wildman–Crippen LogP) is 2.10. The Labute approximate surface area is 109 Å². The number of rotatable bonds is 3. The topological polar surface area (TPSA) is 53.3 Å². The molecule has 0 aromatic rings. The first-order chi connectivity index (χ1) is 8.77. The van der Waals surface area contributed by atoms with E-state index in [9.17, 15) is 4.79 Å². The molecule has 1 saturated carbocycles. The quantitative estimate of drug-likeness (QED) is 0.770. The molecule has 1 amide bonds. The molecule has 1 aliphatic heterocycles. The molecule has 1 saturated heterocycles. The van der Waals surface area contributed by atoms with Crippen LogP contribution in [0.4, 0.5) is 0 Å². The second kappa shape index (κ2) is 6.19. The minimum absolute atomic E-state index is 0.0274. The summed E-state index contributed by atoms with van der Waals surface area (Å²) in [6, 6.07) is 2.38. The largest absolute Gasteiger partial charge is 0.374 e. The molecular weight excluding hydrogens is 228 g/mol. The first kappa shape index (κ1) is 13.4. The van der Waals surface area contributed by atoms with Gasteiger partial charge >= 0.3 is 0 Å². The SMILES string of the molecule is CCCC(C#N)C(=O)N1CCOC2CCCCC21. The Morgan fingerprint density at radius 3 is 3.00 bits per heavy atom. The van der Waals surface area contributed by atoms with Gasteiger partial charge in [0.2, 0.25) is 5.91 Å². The molecule has 2 aliphatic rings. The summed E-state index contributed by atoms with van der Waals surface area (Å²) in [5.41, 5.74) is 0. The molecule has 2 fully saturated rings. The molecule has 4 nitrogen and oxygen atoms in total. The van der Waals surface area contributed by atoms with Gasteiger partial charge in [-0.1, -0.05) is 26.2 Å². The number of hydrogen-bond acceptors (Lipinski definition) is 3. The molecule has 0 bridgehead atoms. The van der Waals surface area contributed by atoms with Crippen LogP contribution in [0.25, 0.3) is 0 Å². The van der Waals surface area contributed by atoms with Gasteiger partial charge in [0.05, 0.1) is 24.8 Å². The van der Waals surface area contributed by atoms with Gasteiger partial charge in [0.1, 0.15) is 5.92 Å². The molecule has 1 heterocycles. The molecule has 0 aromatic carbocycles. The van der Waals surface area contributed by atoms with Gasteiger partial charge in [-0.2, -0.15) is 5.26 Å². The number of ether oxygens (including phenoxy) is 1. The number of carbonyl (C=O) groups excluding carboxylic acids is 1. The maximum absolute atomic E-state index is 12.4. The van der Waals surface area contributed by atoms with Crippen molar-refractivity contribution in [3.05, 3.63) is 0 Å². The molecule has 0 aromatic heterocycles. The van der Waals surface area contributed by atoms with E-state index in [1.54, 1.807) is 0 Å². The van der Waals surface area contributed by atoms with Crippen LogP contribution in [0.2, 0.25) is 0 Å². The van der Waals surface area contributed by atoms with Crippen LogP contribution in [0.15, 0.2) is 0 Å². The Morgan fingerprint density at radius 2 is 2.28 bits per heavy atom. The van der Waals surface area contributed by atoms with E-state index >= 15 is 0 Å². The van der Waals surface area contributed by atoms with Gasteiger partial charge in [-0.25, -0.2) is 0 Å². The number of amides is 1. The highest BCUT2D eigenvalue weighted by Gasteiger charge is 2.38. The van der Waals surface area contributed by atoms with Crippen molar-refractivity contribution in [1.29, 1.82) is 5.26 Å². The van der Waals surface area contributed by atoms with Gasteiger partial charge in [-0.3, -0.25) is 4.79 Å². The number of nitriles is 1. The fourth-order valence-electron chi connectivity index (χ4n) is 3.10. The van der Waals surface area contributed by atoms with Gasteiger partial charge in [-0.15, -0.1) is 0 Å². The minimum atomic E-state index is -0.462. The molecule has 18 heavy (non-hydrogen) atoms. The van der Waals surface area contributed by atoms with Crippen molar-refractivity contribution in [3.63, 3.8) is 0 Å². The van der Waals surface area contributed by atoms with Crippen molar-refractivity contribution in [2.45, 2.75) is 57.6 Å². The fourth-order valence-corrected chi connectivity index (χ4v) is 3.10. The van der Waals surface area contributed by atoms with Gasteiger partial charge < -0.3 is 9.64 Å². The van der Waals surface area contributed by atoms with Crippen molar-refractivity contribution in [3.8, 4) is 6.07 Å². The number of fused-ring (bicyclic) bond motifs is 1. The Balaban J connectivity index is 2.06. The Morgan fingerprint density at radius 1 is 1.50 bits per heavy atom. The number of hydrogen-bond donors (Lipinski definition) is 0. The number of morpholine rings is 1. The second-order valence-corrected chi connectivity index (χ2v) is 5.26. The lowest BCUT2D eigenvalue weighted by atomic mass is 9.89. The normalized spacial score (nSPS) is 29.2. The van der Waals surface area contributed by atoms with E-state index in [4.69, 9.17) is 10.00 Å². The molecule has 0 radical (unpaired) electrons. The lowest BCUT2D eigenvalue weighted by Gasteiger charge is -2.44. The van der Waals surface area contributed by atoms with E-state index in [2.05, 4.69) is 6.07 Å². The van der Waals surface area contributed by atoms with Crippen molar-refractivity contribution in [2.75, 3.05) is 13.2 Å². The predicted molar refractivity (Wildman–Crippen MR) is 67.7 cm³/mol. The number of nitrogens with zero attached hydrogens (tertiary/aromatic N) is 2. The van der Waals surface area contributed by atoms with E-state index in [-0.39, 0.29) is 18.1 Å². The zero-order valence-electron chi connectivity index (χ0n) is 11.1. The van der Waals surface area contributed by atoms with Gasteiger partial charge in [0.15, 0.2) is 0 Å². The maximum Gasteiger partial charge on any atom is 0.240 e. The van der Waals surface area contributed by atoms with Crippen LogP contribution in [0.1, 0.15) is 45.4 Å². The van der Waals surface area contributed by atoms with Crippen molar-refractivity contribution in [1.82, 2.24) is 4.90 Å². The van der Waals surface area contributed by atoms with Crippen LogP contribution < -0.4 is 0 Å². The molecule has 100 valence electrons. The third-order valence-corrected chi connectivity index (χ3v) is 4.05. The lowest BCUT2D eigenvalue weighted by Crippen LogP contribution is -2.56. The summed E-state index contributed by atoms with van der Waals surface area (Å²) in [6.07, 6.45) is 6.20. The van der Waals surface area contributed by atoms with E-state index in [0.29, 0.717) is 19.6 Å². The van der Waals surface area contributed by atoms with E-state index < -0.39 is 5.92 Å². The van der Waals surface area contributed by atoms with Gasteiger partial charge in [0, 0.05) is 6.54 Å². The third kappa shape index (κ3) is 2.67. The summed E-state index contributed by atoms with van der Waals surface area (Å²) in [6.45, 7) is 3.29. The van der Waals surface area contributed by atoms with Crippen molar-refractivity contribution >= 4 is 5.91 Å². The monoisotopic (exact) mass is 250 g/mol. The smallest absolute Gasteiger partial charge is 0.240 e. The van der Waals surface area contributed by atoms with Crippen LogP contribution in [-0.4, -0.2) is 36.1 Å². The average molecular weight is 250 g/mol. The van der Waals surface area contributed by atoms with E-state index in [1.807, 2.05) is 11.8 Å². The zero-order chi connectivity index (χ0) is 13.0. The molecule has 1 aliphatic carbocycles. The molecule has 3 unspecified atom stereocenters. The first-order valence-corrected chi connectivity index (χ1v) is 7.09. The fraction of sp³-hybridized carbons (Fsp3) is 0.857. The average Bonchev–Trinajstić information content (AvgIpc) is 2.43. The number of carbonyl (C=O) groups is 1. The second-order valence-electron chi connectivity index (χ2n) is 5.26. The van der Waals surface area contributed by atoms with Crippen molar-refractivity contribution < 1.29 is 9.53 Å². The summed E-state index contributed by atoms with van der Waals surface area (Å²) in [4.78, 5) is 14.3. The highest BCUT2D eigenvalue weighted by atomic mass is 16.5. The Bertz CT molecular complexity index is 335. The van der Waals surface area contributed by atoms with E-state index in [1.165, 1.54) is 12.8 Å². The van der Waals surface area contributed by atoms with Crippen LogP contribution in [0.3, 0.4) is 0 Å². The van der Waals surface area contributed by atoms with Gasteiger partial charge in [0.25, 0.3) is 0 Å². The zero-order valence-corrected chi connectivity index (χ0v) is 11.1. The first-order valence-electron chi connectivity index (χ1n) is 7.09. The highest BCUT2D eigenvalue weighted by molar-refractivity contribution is 5.81. The summed E-state index contributed by atoms with van der Waals surface area (Å²) >= 11 is 0. The van der Waals surface area contributed by atoms with Crippen LogP contribution in [0.5, 0.6) is 0 Å². The van der Waals surface area contributed by atoms with Crippen LogP contribution in [-0.2, 0) is 9.53 Å². The highest BCUT2D eigenvalue weighted by Crippen LogP contribution is 2.29. The summed E-state index contributed by atoms with van der Waals surface area (Å²) in [5, 5.41) is 9.13. The van der Waals surface area contributed by atoms with Gasteiger partial charge in [-0.05, 0) is 19.3 Å². The summed E-state index contributed by atoms with van der Waals surface area (Å²) < 4.78 is 5.76. The minimum Gasteiger partial charge on any atom is -0.374 e. The van der Waals surface area contributed by atoms with E-state index in [0.717, 1.165) is 19.3 Å². The maximum atomic E-state index is 12.4. The Hall–Kier alpha value is -1.08. The standard InChI is InChI=1S/C14H22N2O2/c1-2-5-11(10-15)14(17)16-8-9-18-13-7-4-3-6-12(13)16/h11-13H,2-9H2,1H3. The molecule has 0 N–H and O–H groups in total. The lowest BCUT2D eigenvalue weighted by molar-refractivity contribution is -0.152. The molecule has 0 spiro atoms. The molecule has 4 heteroatoms. The molecular formula is C14H22N2O2.